The molecule has 0 radical (unpaired) electrons. The normalized spacial score (nSPS) is 10.3. The van der Waals surface area contributed by atoms with Gasteiger partial charge in [-0.1, -0.05) is 0 Å². The van der Waals surface area contributed by atoms with Gasteiger partial charge in [0.2, 0.25) is 0 Å². The average Bonchev–Trinajstić information content (AvgIpc) is 2.93. The van der Waals surface area contributed by atoms with Crippen molar-refractivity contribution in [3.63, 3.8) is 0 Å². The zero-order valence-corrected chi connectivity index (χ0v) is 10.6. The molecule has 6 heteroatoms. The molecule has 0 atom stereocenters. The highest BCUT2D eigenvalue weighted by Gasteiger charge is 2.11. The summed E-state index contributed by atoms with van der Waals surface area (Å²) in [6.07, 6.45) is 5.41. The molecule has 2 heterocycles. The molecule has 94 valence electrons. The summed E-state index contributed by atoms with van der Waals surface area (Å²) in [5, 5.41) is 16.5. The molecule has 2 aromatic rings. The number of rotatable bonds is 5. The van der Waals surface area contributed by atoms with E-state index in [0.717, 1.165) is 36.7 Å². The van der Waals surface area contributed by atoms with Crippen LogP contribution in [0.15, 0.2) is 12.4 Å². The van der Waals surface area contributed by atoms with Gasteiger partial charge in [-0.2, -0.15) is 10.4 Å². The van der Waals surface area contributed by atoms with Crippen LogP contribution in [0.3, 0.4) is 0 Å². The molecule has 0 saturated carbocycles. The van der Waals surface area contributed by atoms with E-state index < -0.39 is 0 Å². The summed E-state index contributed by atoms with van der Waals surface area (Å²) in [5.74, 6) is 1.77. The minimum absolute atomic E-state index is 0.621. The summed E-state index contributed by atoms with van der Waals surface area (Å²) in [6, 6.07) is 2.17. The number of anilines is 1. The van der Waals surface area contributed by atoms with E-state index in [4.69, 9.17) is 5.26 Å². The number of nitriles is 1. The summed E-state index contributed by atoms with van der Waals surface area (Å²) < 4.78 is 1.71. The quantitative estimate of drug-likeness (QED) is 0.778. The van der Waals surface area contributed by atoms with Crippen LogP contribution in [-0.4, -0.2) is 26.3 Å². The molecule has 0 aliphatic carbocycles. The lowest BCUT2D eigenvalue weighted by Crippen LogP contribution is -2.08. The van der Waals surface area contributed by atoms with Crippen molar-refractivity contribution in [2.75, 3.05) is 11.9 Å². The number of imidazole rings is 1. The van der Waals surface area contributed by atoms with Crippen LogP contribution in [0.1, 0.15) is 23.5 Å². The van der Waals surface area contributed by atoms with E-state index in [1.807, 2.05) is 20.2 Å². The highest BCUT2D eigenvalue weighted by molar-refractivity contribution is 5.54. The number of aromatic nitrogens is 4. The van der Waals surface area contributed by atoms with Gasteiger partial charge in [0.05, 0.1) is 5.69 Å². The van der Waals surface area contributed by atoms with Gasteiger partial charge in [0.15, 0.2) is 0 Å². The first-order valence-corrected chi connectivity index (χ1v) is 5.88. The van der Waals surface area contributed by atoms with Gasteiger partial charge in [-0.15, -0.1) is 0 Å². The number of hydrogen-bond acceptors (Lipinski definition) is 4. The highest BCUT2D eigenvalue weighted by Crippen LogP contribution is 2.17. The molecular weight excluding hydrogens is 228 g/mol. The first-order chi connectivity index (χ1) is 8.72. The van der Waals surface area contributed by atoms with Crippen molar-refractivity contribution in [3.05, 3.63) is 29.5 Å². The number of aromatic amines is 1. The first kappa shape index (κ1) is 12.2. The Labute approximate surface area is 106 Å². The first-order valence-electron chi connectivity index (χ1n) is 5.88. The lowest BCUT2D eigenvalue weighted by Gasteiger charge is -2.06. The SMILES string of the molecule is Cc1nn(C)c(NCCCc2ncc[nH]2)c1C#N. The summed E-state index contributed by atoms with van der Waals surface area (Å²) >= 11 is 0. The molecule has 0 saturated heterocycles. The summed E-state index contributed by atoms with van der Waals surface area (Å²) in [5.41, 5.74) is 1.38. The van der Waals surface area contributed by atoms with Crippen molar-refractivity contribution in [2.45, 2.75) is 19.8 Å². The Bertz CT molecular complexity index is 546. The van der Waals surface area contributed by atoms with Crippen LogP contribution in [0.5, 0.6) is 0 Å². The monoisotopic (exact) mass is 244 g/mol. The highest BCUT2D eigenvalue weighted by atomic mass is 15.3. The van der Waals surface area contributed by atoms with E-state index >= 15 is 0 Å². The largest absolute Gasteiger partial charge is 0.369 e. The number of H-pyrrole nitrogens is 1. The van der Waals surface area contributed by atoms with Gasteiger partial charge in [-0.25, -0.2) is 4.98 Å². The molecule has 2 N–H and O–H groups in total. The van der Waals surface area contributed by atoms with Crippen molar-refractivity contribution in [1.29, 1.82) is 5.26 Å². The number of nitrogens with one attached hydrogen (secondary N) is 2. The fourth-order valence-corrected chi connectivity index (χ4v) is 1.89. The van der Waals surface area contributed by atoms with E-state index in [2.05, 4.69) is 26.5 Å². The number of hydrogen-bond donors (Lipinski definition) is 2. The third kappa shape index (κ3) is 2.51. The van der Waals surface area contributed by atoms with Gasteiger partial charge >= 0.3 is 0 Å². The van der Waals surface area contributed by atoms with Crippen molar-refractivity contribution in [2.24, 2.45) is 7.05 Å². The van der Waals surface area contributed by atoms with Crippen molar-refractivity contribution >= 4 is 5.82 Å². The fourth-order valence-electron chi connectivity index (χ4n) is 1.89. The van der Waals surface area contributed by atoms with Crippen molar-refractivity contribution in [3.8, 4) is 6.07 Å². The number of aryl methyl sites for hydroxylation is 3. The van der Waals surface area contributed by atoms with E-state index in [-0.39, 0.29) is 0 Å². The Balaban J connectivity index is 1.89. The molecule has 0 bridgehead atoms. The maximum atomic E-state index is 9.06. The summed E-state index contributed by atoms with van der Waals surface area (Å²) in [6.45, 7) is 2.63. The van der Waals surface area contributed by atoms with E-state index in [1.165, 1.54) is 0 Å². The second kappa shape index (κ2) is 5.36. The molecule has 18 heavy (non-hydrogen) atoms. The van der Waals surface area contributed by atoms with Gasteiger partial charge in [-0.3, -0.25) is 4.68 Å². The third-order valence-corrected chi connectivity index (χ3v) is 2.77. The Morgan fingerprint density at radius 1 is 1.56 bits per heavy atom. The molecule has 0 fully saturated rings. The van der Waals surface area contributed by atoms with Crippen LogP contribution in [0.25, 0.3) is 0 Å². The summed E-state index contributed by atoms with van der Waals surface area (Å²) in [7, 11) is 1.84. The Hall–Kier alpha value is -2.29. The van der Waals surface area contributed by atoms with Crippen LogP contribution in [0.2, 0.25) is 0 Å². The summed E-state index contributed by atoms with van der Waals surface area (Å²) in [4.78, 5) is 7.23. The molecule has 0 aromatic carbocycles. The molecule has 2 rings (SSSR count). The predicted octanol–water partition coefficient (Wildman–Crippen LogP) is 1.37. The van der Waals surface area contributed by atoms with Gasteiger partial charge < -0.3 is 10.3 Å². The second-order valence-corrected chi connectivity index (χ2v) is 4.11. The third-order valence-electron chi connectivity index (χ3n) is 2.77. The molecule has 0 unspecified atom stereocenters. The molecule has 0 amide bonds. The van der Waals surface area contributed by atoms with Crippen molar-refractivity contribution in [1.82, 2.24) is 19.7 Å². The second-order valence-electron chi connectivity index (χ2n) is 4.11. The number of nitrogens with zero attached hydrogens (tertiary/aromatic N) is 4. The zero-order chi connectivity index (χ0) is 13.0. The predicted molar refractivity (Wildman–Crippen MR) is 68.1 cm³/mol. The van der Waals surface area contributed by atoms with Crippen LogP contribution >= 0.6 is 0 Å². The van der Waals surface area contributed by atoms with Crippen LogP contribution in [-0.2, 0) is 13.5 Å². The van der Waals surface area contributed by atoms with E-state index in [0.29, 0.717) is 5.56 Å². The maximum absolute atomic E-state index is 9.06. The zero-order valence-electron chi connectivity index (χ0n) is 10.6. The smallest absolute Gasteiger partial charge is 0.142 e. The lowest BCUT2D eigenvalue weighted by atomic mass is 10.2. The molecular formula is C12H16N6. The minimum atomic E-state index is 0.621. The molecule has 6 nitrogen and oxygen atoms in total. The van der Waals surface area contributed by atoms with Crippen LogP contribution in [0, 0.1) is 18.3 Å². The average molecular weight is 244 g/mol. The minimum Gasteiger partial charge on any atom is -0.369 e. The van der Waals surface area contributed by atoms with Gasteiger partial charge in [0, 0.05) is 32.4 Å². The van der Waals surface area contributed by atoms with Gasteiger partial charge in [0.25, 0.3) is 0 Å². The van der Waals surface area contributed by atoms with Crippen LogP contribution in [0.4, 0.5) is 5.82 Å². The topological polar surface area (TPSA) is 82.3 Å². The molecule has 0 aliphatic heterocycles. The fraction of sp³-hybridized carbons (Fsp3) is 0.417. The molecule has 2 aromatic heterocycles. The Morgan fingerprint density at radius 3 is 3.06 bits per heavy atom. The van der Waals surface area contributed by atoms with E-state index in [1.54, 1.807) is 10.9 Å². The molecule has 0 spiro atoms. The lowest BCUT2D eigenvalue weighted by molar-refractivity contribution is 0.747. The van der Waals surface area contributed by atoms with E-state index in [9.17, 15) is 0 Å². The van der Waals surface area contributed by atoms with Gasteiger partial charge in [0.1, 0.15) is 23.3 Å². The van der Waals surface area contributed by atoms with Crippen LogP contribution < -0.4 is 5.32 Å². The Kier molecular flexibility index (Phi) is 3.63. The van der Waals surface area contributed by atoms with Crippen molar-refractivity contribution < 1.29 is 0 Å². The van der Waals surface area contributed by atoms with Gasteiger partial charge in [-0.05, 0) is 13.3 Å². The standard InChI is InChI=1S/C12H16N6/c1-9-10(8-13)12(18(2)17-9)16-5-3-4-11-14-6-7-15-11/h6-7,16H,3-5H2,1-2H3,(H,14,15). The maximum Gasteiger partial charge on any atom is 0.142 e. The molecule has 0 aliphatic rings. The Morgan fingerprint density at radius 2 is 2.39 bits per heavy atom.